The van der Waals surface area contributed by atoms with Crippen LogP contribution >= 0.6 is 0 Å². The first-order chi connectivity index (χ1) is 9.35. The minimum absolute atomic E-state index is 0.472. The second kappa shape index (κ2) is 7.28. The van der Waals surface area contributed by atoms with Crippen LogP contribution in [0.5, 0.6) is 5.88 Å². The third-order valence-corrected chi connectivity index (χ3v) is 3.46. The summed E-state index contributed by atoms with van der Waals surface area (Å²) in [4.78, 5) is 11.2. The zero-order valence-corrected chi connectivity index (χ0v) is 11.7. The molecule has 1 aliphatic heterocycles. The van der Waals surface area contributed by atoms with Crippen molar-refractivity contribution in [1.29, 1.82) is 0 Å². The monoisotopic (exact) mass is 264 g/mol. The number of nitrogens with two attached hydrogens (primary N) is 1. The molecule has 1 unspecified atom stereocenters. The minimum atomic E-state index is 0.472. The lowest BCUT2D eigenvalue weighted by Gasteiger charge is -2.35. The summed E-state index contributed by atoms with van der Waals surface area (Å²) in [6.45, 7) is 4.52. The van der Waals surface area contributed by atoms with Gasteiger partial charge in [-0.2, -0.15) is 4.98 Å². The summed E-state index contributed by atoms with van der Waals surface area (Å²) in [5, 5.41) is 0. The maximum atomic E-state index is 5.70. The molecule has 1 fully saturated rings. The van der Waals surface area contributed by atoms with Gasteiger partial charge in [0.05, 0.1) is 6.61 Å². The molecule has 0 aliphatic carbocycles. The lowest BCUT2D eigenvalue weighted by molar-refractivity contribution is 0.304. The molecule has 1 aliphatic rings. The van der Waals surface area contributed by atoms with Crippen LogP contribution in [-0.4, -0.2) is 35.7 Å². The molecule has 5 heteroatoms. The fourth-order valence-electron chi connectivity index (χ4n) is 2.51. The van der Waals surface area contributed by atoms with E-state index in [0.29, 0.717) is 25.1 Å². The number of nitrogens with zero attached hydrogens (tertiary/aromatic N) is 3. The van der Waals surface area contributed by atoms with Gasteiger partial charge in [0.25, 0.3) is 0 Å². The van der Waals surface area contributed by atoms with Gasteiger partial charge in [-0.15, -0.1) is 0 Å². The average molecular weight is 264 g/mol. The van der Waals surface area contributed by atoms with Crippen molar-refractivity contribution in [3.05, 3.63) is 12.3 Å². The first-order valence-electron chi connectivity index (χ1n) is 7.27. The van der Waals surface area contributed by atoms with E-state index < -0.39 is 0 Å². The second-order valence-corrected chi connectivity index (χ2v) is 4.96. The zero-order chi connectivity index (χ0) is 13.5. The molecule has 0 bridgehead atoms. The molecular weight excluding hydrogens is 240 g/mol. The molecule has 0 amide bonds. The Labute approximate surface area is 115 Å². The normalized spacial score (nSPS) is 19.5. The Morgan fingerprint density at radius 1 is 1.47 bits per heavy atom. The molecule has 0 radical (unpaired) electrons. The first kappa shape index (κ1) is 14.1. The van der Waals surface area contributed by atoms with Crippen molar-refractivity contribution in [2.75, 3.05) is 24.6 Å². The third kappa shape index (κ3) is 3.80. The molecule has 1 atom stereocenters. The number of ether oxygens (including phenoxy) is 1. The zero-order valence-electron chi connectivity index (χ0n) is 11.7. The van der Waals surface area contributed by atoms with E-state index in [1.165, 1.54) is 19.3 Å². The molecule has 19 heavy (non-hydrogen) atoms. The summed E-state index contributed by atoms with van der Waals surface area (Å²) in [7, 11) is 0. The molecule has 2 heterocycles. The lowest BCUT2D eigenvalue weighted by Crippen LogP contribution is -2.41. The highest BCUT2D eigenvalue weighted by molar-refractivity contribution is 5.34. The van der Waals surface area contributed by atoms with E-state index in [9.17, 15) is 0 Å². The van der Waals surface area contributed by atoms with Crippen LogP contribution in [-0.2, 0) is 0 Å². The van der Waals surface area contributed by atoms with E-state index in [1.807, 2.05) is 6.07 Å². The number of hydrogen-bond donors (Lipinski definition) is 1. The van der Waals surface area contributed by atoms with Crippen molar-refractivity contribution in [3.63, 3.8) is 0 Å². The van der Waals surface area contributed by atoms with E-state index in [4.69, 9.17) is 10.5 Å². The van der Waals surface area contributed by atoms with Gasteiger partial charge in [-0.1, -0.05) is 6.92 Å². The average Bonchev–Trinajstić information content (AvgIpc) is 2.46. The summed E-state index contributed by atoms with van der Waals surface area (Å²) in [5.74, 6) is 1.45. The highest BCUT2D eigenvalue weighted by atomic mass is 16.5. The maximum Gasteiger partial charge on any atom is 0.228 e. The van der Waals surface area contributed by atoms with Crippen molar-refractivity contribution >= 4 is 5.95 Å². The molecule has 2 rings (SSSR count). The van der Waals surface area contributed by atoms with Gasteiger partial charge in [-0.3, -0.25) is 0 Å². The van der Waals surface area contributed by atoms with Gasteiger partial charge in [-0.25, -0.2) is 4.98 Å². The Kier molecular flexibility index (Phi) is 5.39. The van der Waals surface area contributed by atoms with E-state index in [1.54, 1.807) is 6.20 Å². The lowest BCUT2D eigenvalue weighted by atomic mass is 10.00. The van der Waals surface area contributed by atoms with Gasteiger partial charge in [0.1, 0.15) is 0 Å². The molecule has 1 saturated heterocycles. The van der Waals surface area contributed by atoms with E-state index in [2.05, 4.69) is 21.8 Å². The largest absolute Gasteiger partial charge is 0.478 e. The first-order valence-corrected chi connectivity index (χ1v) is 7.27. The Balaban J connectivity index is 2.09. The Morgan fingerprint density at radius 3 is 3.16 bits per heavy atom. The number of hydrogen-bond acceptors (Lipinski definition) is 5. The van der Waals surface area contributed by atoms with Crippen LogP contribution in [0.1, 0.15) is 39.0 Å². The molecule has 5 nitrogen and oxygen atoms in total. The van der Waals surface area contributed by atoms with Crippen LogP contribution in [0, 0.1) is 0 Å². The van der Waals surface area contributed by atoms with E-state index >= 15 is 0 Å². The maximum absolute atomic E-state index is 5.70. The molecule has 0 spiro atoms. The van der Waals surface area contributed by atoms with Gasteiger partial charge < -0.3 is 15.4 Å². The highest BCUT2D eigenvalue weighted by Crippen LogP contribution is 2.24. The fraction of sp³-hybridized carbons (Fsp3) is 0.714. The van der Waals surface area contributed by atoms with Crippen molar-refractivity contribution in [2.24, 2.45) is 5.73 Å². The highest BCUT2D eigenvalue weighted by Gasteiger charge is 2.24. The summed E-state index contributed by atoms with van der Waals surface area (Å²) in [6, 6.07) is 2.29. The van der Waals surface area contributed by atoms with Crippen LogP contribution in [0.3, 0.4) is 0 Å². The SMILES string of the molecule is CCCOc1ccnc(N2CCCCC2CCN)n1. The minimum Gasteiger partial charge on any atom is -0.478 e. The molecule has 1 aromatic heterocycles. The van der Waals surface area contributed by atoms with E-state index in [-0.39, 0.29) is 0 Å². The topological polar surface area (TPSA) is 64.3 Å². The Bertz CT molecular complexity index is 383. The second-order valence-electron chi connectivity index (χ2n) is 4.96. The molecule has 1 aromatic rings. The van der Waals surface area contributed by atoms with Gasteiger partial charge in [0, 0.05) is 24.8 Å². The third-order valence-electron chi connectivity index (χ3n) is 3.46. The van der Waals surface area contributed by atoms with Crippen LogP contribution in [0.2, 0.25) is 0 Å². The quantitative estimate of drug-likeness (QED) is 0.851. The summed E-state index contributed by atoms with van der Waals surface area (Å²) in [5.41, 5.74) is 5.70. The molecule has 2 N–H and O–H groups in total. The summed E-state index contributed by atoms with van der Waals surface area (Å²) >= 11 is 0. The van der Waals surface area contributed by atoms with Gasteiger partial charge in [-0.05, 0) is 38.6 Å². The fourth-order valence-corrected chi connectivity index (χ4v) is 2.51. The predicted molar refractivity (Wildman–Crippen MR) is 76.5 cm³/mol. The van der Waals surface area contributed by atoms with Crippen molar-refractivity contribution < 1.29 is 4.74 Å². The van der Waals surface area contributed by atoms with Gasteiger partial charge in [0.15, 0.2) is 0 Å². The van der Waals surface area contributed by atoms with Crippen LogP contribution in [0.25, 0.3) is 0 Å². The number of aromatic nitrogens is 2. The van der Waals surface area contributed by atoms with Crippen molar-refractivity contribution in [2.45, 2.75) is 45.1 Å². The number of anilines is 1. The van der Waals surface area contributed by atoms with Crippen LogP contribution in [0.15, 0.2) is 12.3 Å². The summed E-state index contributed by atoms with van der Waals surface area (Å²) < 4.78 is 5.58. The van der Waals surface area contributed by atoms with E-state index in [0.717, 1.165) is 25.3 Å². The van der Waals surface area contributed by atoms with Gasteiger partial charge in [0.2, 0.25) is 11.8 Å². The standard InChI is InChI=1S/C14H24N4O/c1-2-11-19-13-7-9-16-14(17-13)18-10-4-3-5-12(18)6-8-15/h7,9,12H,2-6,8,10-11,15H2,1H3. The summed E-state index contributed by atoms with van der Waals surface area (Å²) in [6.07, 6.45) is 7.42. The van der Waals surface area contributed by atoms with Gasteiger partial charge >= 0.3 is 0 Å². The van der Waals surface area contributed by atoms with Crippen LogP contribution < -0.4 is 15.4 Å². The Morgan fingerprint density at radius 2 is 2.37 bits per heavy atom. The molecule has 106 valence electrons. The van der Waals surface area contributed by atoms with Crippen molar-refractivity contribution in [1.82, 2.24) is 9.97 Å². The predicted octanol–water partition coefficient (Wildman–Crippen LogP) is 1.97. The molecule has 0 aromatic carbocycles. The number of piperidine rings is 1. The van der Waals surface area contributed by atoms with Crippen molar-refractivity contribution in [3.8, 4) is 5.88 Å². The Hall–Kier alpha value is -1.36. The van der Waals surface area contributed by atoms with Crippen LogP contribution in [0.4, 0.5) is 5.95 Å². The molecule has 0 saturated carbocycles. The molecular formula is C14H24N4O. The smallest absolute Gasteiger partial charge is 0.228 e. The number of rotatable bonds is 6.